The molecule has 0 amide bonds. The fraction of sp³-hybridized carbons (Fsp3) is 0.160. The van der Waals surface area contributed by atoms with Gasteiger partial charge in [0, 0.05) is 23.2 Å². The molecule has 5 rings (SSSR count). The van der Waals surface area contributed by atoms with E-state index in [0.29, 0.717) is 35.3 Å². The van der Waals surface area contributed by atoms with E-state index in [1.807, 2.05) is 49.4 Å². The van der Waals surface area contributed by atoms with Crippen molar-refractivity contribution in [2.24, 2.45) is 0 Å². The molecule has 0 atom stereocenters. The zero-order valence-electron chi connectivity index (χ0n) is 18.2. The molecule has 174 valence electrons. The third kappa shape index (κ3) is 4.34. The van der Waals surface area contributed by atoms with Crippen molar-refractivity contribution in [1.82, 2.24) is 4.98 Å². The van der Waals surface area contributed by atoms with E-state index < -0.39 is 9.84 Å². The lowest BCUT2D eigenvalue weighted by Gasteiger charge is -2.18. The van der Waals surface area contributed by atoms with Gasteiger partial charge in [-0.05, 0) is 42.8 Å². The first kappa shape index (κ1) is 22.3. The smallest absolute Gasteiger partial charge is 0.234 e. The summed E-state index contributed by atoms with van der Waals surface area (Å²) in [4.78, 5) is 4.42. The van der Waals surface area contributed by atoms with E-state index in [1.54, 1.807) is 12.1 Å². The van der Waals surface area contributed by atoms with Crippen LogP contribution in [0, 0.1) is 6.92 Å². The summed E-state index contributed by atoms with van der Waals surface area (Å²) in [5.41, 5.74) is 2.46. The van der Waals surface area contributed by atoms with Crippen LogP contribution in [0.4, 0.5) is 5.88 Å². The van der Waals surface area contributed by atoms with Gasteiger partial charge < -0.3 is 19.2 Å². The lowest BCUT2D eigenvalue weighted by Crippen LogP contribution is -2.16. The van der Waals surface area contributed by atoms with Gasteiger partial charge in [0.25, 0.3) is 0 Å². The van der Waals surface area contributed by atoms with Crippen LogP contribution in [0.2, 0.25) is 5.02 Å². The molecule has 0 radical (unpaired) electrons. The lowest BCUT2D eigenvalue weighted by molar-refractivity contribution is 0.171. The summed E-state index contributed by atoms with van der Waals surface area (Å²) in [5.74, 6) is 1.11. The van der Waals surface area contributed by atoms with Crippen molar-refractivity contribution in [1.29, 1.82) is 0 Å². The summed E-state index contributed by atoms with van der Waals surface area (Å²) in [6, 6.07) is 19.3. The predicted molar refractivity (Wildman–Crippen MR) is 128 cm³/mol. The highest BCUT2D eigenvalue weighted by Gasteiger charge is 2.30. The van der Waals surface area contributed by atoms with Crippen LogP contribution < -0.4 is 14.8 Å². The number of fused-ring (bicyclic) bond motifs is 1. The number of ether oxygens (including phenoxy) is 2. The lowest BCUT2D eigenvalue weighted by atomic mass is 10.1. The van der Waals surface area contributed by atoms with Crippen molar-refractivity contribution in [3.8, 4) is 23.0 Å². The molecule has 4 aromatic rings. The molecule has 1 aliphatic heterocycles. The quantitative estimate of drug-likeness (QED) is 0.376. The number of hydrogen-bond acceptors (Lipinski definition) is 7. The number of oxazole rings is 1. The summed E-state index contributed by atoms with van der Waals surface area (Å²) in [5, 5.41) is 3.41. The third-order valence-corrected chi connectivity index (χ3v) is 7.37. The molecule has 0 saturated carbocycles. The molecule has 7 nitrogen and oxygen atoms in total. The van der Waals surface area contributed by atoms with Crippen LogP contribution in [0.3, 0.4) is 0 Å². The summed E-state index contributed by atoms with van der Waals surface area (Å²) in [6.07, 6.45) is 0. The second kappa shape index (κ2) is 9.04. The Morgan fingerprint density at radius 1 is 0.971 bits per heavy atom. The number of halogens is 1. The molecule has 0 saturated heterocycles. The molecule has 2 heterocycles. The molecule has 1 aromatic heterocycles. The van der Waals surface area contributed by atoms with Gasteiger partial charge in [0.2, 0.25) is 26.6 Å². The molecule has 3 aromatic carbocycles. The van der Waals surface area contributed by atoms with Gasteiger partial charge >= 0.3 is 0 Å². The number of rotatable bonds is 6. The fourth-order valence-corrected chi connectivity index (χ4v) is 5.12. The molecule has 0 fully saturated rings. The summed E-state index contributed by atoms with van der Waals surface area (Å²) in [6.45, 7) is 2.96. The minimum Gasteiger partial charge on any atom is -0.486 e. The van der Waals surface area contributed by atoms with E-state index in [0.717, 1.165) is 11.1 Å². The Morgan fingerprint density at radius 2 is 1.76 bits per heavy atom. The Hall–Kier alpha value is -3.49. The number of nitrogens with zero attached hydrogens (tertiary/aromatic N) is 1. The zero-order chi connectivity index (χ0) is 23.7. The van der Waals surface area contributed by atoms with Crippen LogP contribution in [0.15, 0.2) is 81.1 Å². The van der Waals surface area contributed by atoms with Crippen LogP contribution in [-0.4, -0.2) is 26.6 Å². The third-order valence-electron chi connectivity index (χ3n) is 5.34. The number of aryl methyl sites for hydroxylation is 1. The largest absolute Gasteiger partial charge is 0.486 e. The molecule has 1 N–H and O–H groups in total. The molecule has 1 aliphatic rings. The number of hydrogen-bond donors (Lipinski definition) is 1. The van der Waals surface area contributed by atoms with Gasteiger partial charge in [0.05, 0.1) is 4.90 Å². The monoisotopic (exact) mass is 496 g/mol. The van der Waals surface area contributed by atoms with E-state index in [4.69, 9.17) is 25.5 Å². The van der Waals surface area contributed by atoms with Crippen LogP contribution in [0.25, 0.3) is 11.5 Å². The summed E-state index contributed by atoms with van der Waals surface area (Å²) in [7, 11) is -4.05. The van der Waals surface area contributed by atoms with Gasteiger partial charge in [-0.15, -0.1) is 0 Å². The van der Waals surface area contributed by atoms with E-state index in [-0.39, 0.29) is 28.2 Å². The molecular formula is C25H21ClN2O5S. The normalized spacial score (nSPS) is 13.0. The molecule has 0 bridgehead atoms. The SMILES string of the molecule is Cc1cccc(-c2nc(S(=O)(=O)c3ccc4c(c3)OCCO4)c(NCc3ccccc3Cl)o2)c1. The average molecular weight is 497 g/mol. The minimum absolute atomic E-state index is 0.0293. The first-order valence-corrected chi connectivity index (χ1v) is 12.5. The van der Waals surface area contributed by atoms with Crippen molar-refractivity contribution in [2.45, 2.75) is 23.4 Å². The highest BCUT2D eigenvalue weighted by atomic mass is 35.5. The molecule has 0 aliphatic carbocycles. The predicted octanol–water partition coefficient (Wildman–Crippen LogP) is 5.52. The highest BCUT2D eigenvalue weighted by Crippen LogP contribution is 2.37. The van der Waals surface area contributed by atoms with Crippen molar-refractivity contribution in [3.63, 3.8) is 0 Å². The zero-order valence-corrected chi connectivity index (χ0v) is 19.8. The molecule has 0 unspecified atom stereocenters. The van der Waals surface area contributed by atoms with E-state index in [1.165, 1.54) is 12.1 Å². The number of benzene rings is 3. The summed E-state index contributed by atoms with van der Waals surface area (Å²) < 4.78 is 44.3. The van der Waals surface area contributed by atoms with Gasteiger partial charge in [0.1, 0.15) is 13.2 Å². The summed E-state index contributed by atoms with van der Waals surface area (Å²) >= 11 is 6.27. The Labute approximate surface area is 202 Å². The number of aromatic nitrogens is 1. The Morgan fingerprint density at radius 3 is 2.56 bits per heavy atom. The Kier molecular flexibility index (Phi) is 5.93. The molecule has 9 heteroatoms. The first-order valence-electron chi connectivity index (χ1n) is 10.6. The van der Waals surface area contributed by atoms with Gasteiger partial charge in [0.15, 0.2) is 11.5 Å². The Bertz CT molecular complexity index is 1470. The Balaban J connectivity index is 1.57. The topological polar surface area (TPSA) is 90.7 Å². The van der Waals surface area contributed by atoms with Gasteiger partial charge in [-0.2, -0.15) is 4.98 Å². The standard InChI is InChI=1S/C25H21ClN2O5S/c1-16-5-4-7-17(13-16)23-28-25(24(33-23)27-15-18-6-2-3-8-20(18)26)34(29,30)19-9-10-21-22(14-19)32-12-11-31-21/h2-10,13-14,27H,11-12,15H2,1H3. The maximum Gasteiger partial charge on any atom is 0.234 e. The van der Waals surface area contributed by atoms with Crippen LogP contribution in [0.1, 0.15) is 11.1 Å². The van der Waals surface area contributed by atoms with Crippen LogP contribution in [-0.2, 0) is 16.4 Å². The van der Waals surface area contributed by atoms with Gasteiger partial charge in [-0.3, -0.25) is 0 Å². The van der Waals surface area contributed by atoms with Gasteiger partial charge in [-0.1, -0.05) is 47.5 Å². The van der Waals surface area contributed by atoms with E-state index in [2.05, 4.69) is 10.3 Å². The average Bonchev–Trinajstić information content (AvgIpc) is 3.28. The van der Waals surface area contributed by atoms with Crippen molar-refractivity contribution < 1.29 is 22.3 Å². The molecular weight excluding hydrogens is 476 g/mol. The molecule has 0 spiro atoms. The second-order valence-electron chi connectivity index (χ2n) is 7.78. The van der Waals surface area contributed by atoms with Crippen LogP contribution >= 0.6 is 11.6 Å². The minimum atomic E-state index is -4.05. The number of anilines is 1. The molecule has 34 heavy (non-hydrogen) atoms. The van der Waals surface area contributed by atoms with E-state index >= 15 is 0 Å². The number of sulfone groups is 1. The number of nitrogens with one attached hydrogen (secondary N) is 1. The maximum atomic E-state index is 13.6. The second-order valence-corrected chi connectivity index (χ2v) is 10.0. The first-order chi connectivity index (χ1) is 16.4. The van der Waals surface area contributed by atoms with E-state index in [9.17, 15) is 8.42 Å². The fourth-order valence-electron chi connectivity index (χ4n) is 3.62. The van der Waals surface area contributed by atoms with Crippen LogP contribution in [0.5, 0.6) is 11.5 Å². The van der Waals surface area contributed by atoms with Gasteiger partial charge in [-0.25, -0.2) is 8.42 Å². The maximum absolute atomic E-state index is 13.6. The van der Waals surface area contributed by atoms with Crippen molar-refractivity contribution >= 4 is 27.3 Å². The van der Waals surface area contributed by atoms with Crippen molar-refractivity contribution in [3.05, 3.63) is 82.9 Å². The highest BCUT2D eigenvalue weighted by molar-refractivity contribution is 7.91. The van der Waals surface area contributed by atoms with Crippen molar-refractivity contribution in [2.75, 3.05) is 18.5 Å².